The number of amides is 1. The summed E-state index contributed by atoms with van der Waals surface area (Å²) < 4.78 is 16.3. The molecule has 2 rings (SSSR count). The van der Waals surface area contributed by atoms with Crippen LogP contribution in [0.15, 0.2) is 40.8 Å². The summed E-state index contributed by atoms with van der Waals surface area (Å²) >= 11 is 0. The van der Waals surface area contributed by atoms with Gasteiger partial charge >= 0.3 is 0 Å². The Morgan fingerprint density at radius 2 is 1.73 bits per heavy atom. The van der Waals surface area contributed by atoms with Gasteiger partial charge in [0.25, 0.3) is 5.91 Å². The quantitative estimate of drug-likeness (QED) is 0.789. The molecule has 0 bridgehead atoms. The maximum absolute atomic E-state index is 12.0. The van der Waals surface area contributed by atoms with E-state index in [1.807, 2.05) is 38.1 Å². The third-order valence-corrected chi connectivity index (χ3v) is 3.11. The zero-order valence-electron chi connectivity index (χ0n) is 13.2. The van der Waals surface area contributed by atoms with Crippen molar-refractivity contribution in [3.8, 4) is 11.5 Å². The molecule has 0 fully saturated rings. The Morgan fingerprint density at radius 3 is 2.27 bits per heavy atom. The van der Waals surface area contributed by atoms with Gasteiger partial charge in [0, 0.05) is 7.05 Å². The minimum Gasteiger partial charge on any atom is -0.494 e. The SMILES string of the molecule is CCOc1ccc(OCC(=O)N(C)Cc2ccc(C)o2)cc1. The number of rotatable bonds is 7. The third-order valence-electron chi connectivity index (χ3n) is 3.11. The van der Waals surface area contributed by atoms with Crippen LogP contribution in [0.25, 0.3) is 0 Å². The number of hydrogen-bond donors (Lipinski definition) is 0. The van der Waals surface area contributed by atoms with E-state index in [1.165, 1.54) is 0 Å². The minimum atomic E-state index is -0.108. The van der Waals surface area contributed by atoms with Crippen molar-refractivity contribution in [1.29, 1.82) is 0 Å². The lowest BCUT2D eigenvalue weighted by molar-refractivity contribution is -0.132. The van der Waals surface area contributed by atoms with E-state index in [2.05, 4.69) is 0 Å². The van der Waals surface area contributed by atoms with Crippen LogP contribution in [-0.2, 0) is 11.3 Å². The van der Waals surface area contributed by atoms with Gasteiger partial charge in [-0.15, -0.1) is 0 Å². The normalized spacial score (nSPS) is 10.3. The van der Waals surface area contributed by atoms with Crippen LogP contribution in [0, 0.1) is 6.92 Å². The Balaban J connectivity index is 1.81. The first-order chi connectivity index (χ1) is 10.6. The van der Waals surface area contributed by atoms with Crippen LogP contribution in [0.1, 0.15) is 18.4 Å². The summed E-state index contributed by atoms with van der Waals surface area (Å²) in [7, 11) is 1.72. The maximum atomic E-state index is 12.0. The Labute approximate surface area is 130 Å². The standard InChI is InChI=1S/C17H21NO4/c1-4-20-14-7-9-15(10-8-14)21-12-17(19)18(3)11-16-6-5-13(2)22-16/h5-10H,4,11-12H2,1-3H3. The van der Waals surface area contributed by atoms with Crippen LogP contribution < -0.4 is 9.47 Å². The maximum Gasteiger partial charge on any atom is 0.260 e. The number of carbonyl (C=O) groups excluding carboxylic acids is 1. The van der Waals surface area contributed by atoms with Crippen LogP contribution >= 0.6 is 0 Å². The first-order valence-corrected chi connectivity index (χ1v) is 7.23. The fourth-order valence-corrected chi connectivity index (χ4v) is 1.95. The number of ether oxygens (including phenoxy) is 2. The molecule has 1 amide bonds. The van der Waals surface area contributed by atoms with E-state index >= 15 is 0 Å². The first-order valence-electron chi connectivity index (χ1n) is 7.23. The van der Waals surface area contributed by atoms with Crippen LogP contribution in [-0.4, -0.2) is 31.1 Å². The molecule has 0 aliphatic carbocycles. The largest absolute Gasteiger partial charge is 0.494 e. The zero-order valence-corrected chi connectivity index (χ0v) is 13.2. The molecular weight excluding hydrogens is 282 g/mol. The number of benzene rings is 1. The van der Waals surface area contributed by atoms with Crippen molar-refractivity contribution in [1.82, 2.24) is 4.90 Å². The van der Waals surface area contributed by atoms with Gasteiger partial charge in [-0.1, -0.05) is 0 Å². The number of hydrogen-bond acceptors (Lipinski definition) is 4. The highest BCUT2D eigenvalue weighted by Crippen LogP contribution is 2.17. The van der Waals surface area contributed by atoms with Crippen molar-refractivity contribution in [2.24, 2.45) is 0 Å². The highest BCUT2D eigenvalue weighted by Gasteiger charge is 2.12. The lowest BCUT2D eigenvalue weighted by Crippen LogP contribution is -2.30. The molecule has 0 saturated carbocycles. The van der Waals surface area contributed by atoms with Crippen LogP contribution in [0.5, 0.6) is 11.5 Å². The summed E-state index contributed by atoms with van der Waals surface area (Å²) in [5.41, 5.74) is 0. The Hall–Kier alpha value is -2.43. The monoisotopic (exact) mass is 303 g/mol. The highest BCUT2D eigenvalue weighted by atomic mass is 16.5. The van der Waals surface area contributed by atoms with Gasteiger partial charge in [0.1, 0.15) is 23.0 Å². The summed E-state index contributed by atoms with van der Waals surface area (Å²) in [5.74, 6) is 2.91. The molecule has 1 aromatic heterocycles. The zero-order chi connectivity index (χ0) is 15.9. The summed E-state index contributed by atoms with van der Waals surface area (Å²) in [6, 6.07) is 11.0. The van der Waals surface area contributed by atoms with Gasteiger partial charge in [0.15, 0.2) is 6.61 Å². The minimum absolute atomic E-state index is 0.00975. The second kappa shape index (κ2) is 7.54. The van der Waals surface area contributed by atoms with Gasteiger partial charge in [0.2, 0.25) is 0 Å². The predicted octanol–water partition coefficient (Wildman–Crippen LogP) is 3.02. The average Bonchev–Trinajstić information content (AvgIpc) is 2.91. The topological polar surface area (TPSA) is 51.9 Å². The molecule has 1 heterocycles. The number of likely N-dealkylation sites (N-methyl/N-ethyl adjacent to an activating group) is 1. The van der Waals surface area contributed by atoms with Crippen molar-refractivity contribution in [3.05, 3.63) is 47.9 Å². The molecule has 2 aromatic rings. The number of aryl methyl sites for hydroxylation is 1. The van der Waals surface area contributed by atoms with E-state index in [0.717, 1.165) is 17.3 Å². The predicted molar refractivity (Wildman–Crippen MR) is 83.0 cm³/mol. The summed E-state index contributed by atoms with van der Waals surface area (Å²) in [5, 5.41) is 0. The fraction of sp³-hybridized carbons (Fsp3) is 0.353. The second-order valence-electron chi connectivity index (χ2n) is 4.96. The molecule has 22 heavy (non-hydrogen) atoms. The Kier molecular flexibility index (Phi) is 5.47. The van der Waals surface area contributed by atoms with Crippen molar-refractivity contribution in [2.45, 2.75) is 20.4 Å². The fourth-order valence-electron chi connectivity index (χ4n) is 1.95. The molecule has 118 valence electrons. The van der Waals surface area contributed by atoms with Gasteiger partial charge in [-0.25, -0.2) is 0 Å². The van der Waals surface area contributed by atoms with Crippen molar-refractivity contribution in [2.75, 3.05) is 20.3 Å². The molecular formula is C17H21NO4. The molecule has 5 heteroatoms. The van der Waals surface area contributed by atoms with Crippen LogP contribution in [0.3, 0.4) is 0 Å². The lowest BCUT2D eigenvalue weighted by Gasteiger charge is -2.16. The van der Waals surface area contributed by atoms with E-state index in [1.54, 1.807) is 24.1 Å². The van der Waals surface area contributed by atoms with E-state index < -0.39 is 0 Å². The lowest BCUT2D eigenvalue weighted by atomic mass is 10.3. The molecule has 0 unspecified atom stereocenters. The Bertz CT molecular complexity index is 603. The van der Waals surface area contributed by atoms with Gasteiger partial charge in [0.05, 0.1) is 13.2 Å². The molecule has 0 aliphatic rings. The van der Waals surface area contributed by atoms with E-state index in [0.29, 0.717) is 18.9 Å². The highest BCUT2D eigenvalue weighted by molar-refractivity contribution is 5.77. The molecule has 0 aliphatic heterocycles. The molecule has 0 radical (unpaired) electrons. The van der Waals surface area contributed by atoms with E-state index in [4.69, 9.17) is 13.9 Å². The molecule has 1 aromatic carbocycles. The van der Waals surface area contributed by atoms with E-state index in [9.17, 15) is 4.79 Å². The van der Waals surface area contributed by atoms with Crippen molar-refractivity contribution < 1.29 is 18.7 Å². The first kappa shape index (κ1) is 15.9. The van der Waals surface area contributed by atoms with E-state index in [-0.39, 0.29) is 12.5 Å². The summed E-state index contributed by atoms with van der Waals surface area (Å²) in [6.07, 6.45) is 0. The van der Waals surface area contributed by atoms with Gasteiger partial charge in [-0.2, -0.15) is 0 Å². The summed E-state index contributed by atoms with van der Waals surface area (Å²) in [6.45, 7) is 4.85. The van der Waals surface area contributed by atoms with Crippen LogP contribution in [0.4, 0.5) is 0 Å². The van der Waals surface area contributed by atoms with Gasteiger partial charge in [-0.3, -0.25) is 4.79 Å². The second-order valence-corrected chi connectivity index (χ2v) is 4.96. The van der Waals surface area contributed by atoms with Gasteiger partial charge in [-0.05, 0) is 50.2 Å². The number of carbonyl (C=O) groups is 1. The number of furan rings is 1. The molecule has 5 nitrogen and oxygen atoms in total. The van der Waals surface area contributed by atoms with Crippen LogP contribution in [0.2, 0.25) is 0 Å². The smallest absolute Gasteiger partial charge is 0.260 e. The Morgan fingerprint density at radius 1 is 1.09 bits per heavy atom. The molecule has 0 saturated heterocycles. The third kappa shape index (κ3) is 4.55. The molecule has 0 atom stereocenters. The number of nitrogens with zero attached hydrogens (tertiary/aromatic N) is 1. The van der Waals surface area contributed by atoms with Gasteiger partial charge < -0.3 is 18.8 Å². The molecule has 0 spiro atoms. The molecule has 0 N–H and O–H groups in total. The summed E-state index contributed by atoms with van der Waals surface area (Å²) in [4.78, 5) is 13.6. The average molecular weight is 303 g/mol. The van der Waals surface area contributed by atoms with Crippen molar-refractivity contribution >= 4 is 5.91 Å². The van der Waals surface area contributed by atoms with Crippen molar-refractivity contribution in [3.63, 3.8) is 0 Å².